The minimum atomic E-state index is -0.383. The lowest BCUT2D eigenvalue weighted by Gasteiger charge is -2.28. The van der Waals surface area contributed by atoms with Crippen molar-refractivity contribution >= 4 is 11.6 Å². The second-order valence-electron chi connectivity index (χ2n) is 5.15. The Morgan fingerprint density at radius 1 is 1.44 bits per heavy atom. The number of nitrogens with zero attached hydrogens (tertiary/aromatic N) is 1. The molecule has 2 rings (SSSR count). The molecule has 0 spiro atoms. The molecule has 4 nitrogen and oxygen atoms in total. The Hall–Kier alpha value is -1.55. The molecule has 1 unspecified atom stereocenters. The number of nitrogens with two attached hydrogens (primary N) is 1. The first-order valence-electron chi connectivity index (χ1n) is 6.25. The molecule has 0 bridgehead atoms. The van der Waals surface area contributed by atoms with Crippen LogP contribution in [0.3, 0.4) is 0 Å². The summed E-state index contributed by atoms with van der Waals surface area (Å²) < 4.78 is 0. The van der Waals surface area contributed by atoms with E-state index in [1.54, 1.807) is 11.9 Å². The number of carbonyl (C=O) groups excluding carboxylic acids is 1. The lowest BCUT2D eigenvalue weighted by atomic mass is 9.94. The fourth-order valence-corrected chi connectivity index (χ4v) is 2.21. The van der Waals surface area contributed by atoms with Gasteiger partial charge in [0.2, 0.25) is 5.91 Å². The highest BCUT2D eigenvalue weighted by Crippen LogP contribution is 2.49. The summed E-state index contributed by atoms with van der Waals surface area (Å²) >= 11 is 0. The van der Waals surface area contributed by atoms with Gasteiger partial charge in [-0.1, -0.05) is 12.1 Å². The van der Waals surface area contributed by atoms with Crippen molar-refractivity contribution in [3.8, 4) is 0 Å². The van der Waals surface area contributed by atoms with Crippen LogP contribution in [0.1, 0.15) is 25.3 Å². The maximum Gasteiger partial charge on any atom is 0.233 e. The fourth-order valence-electron chi connectivity index (χ4n) is 2.21. The van der Waals surface area contributed by atoms with Crippen molar-refractivity contribution < 1.29 is 9.90 Å². The summed E-state index contributed by atoms with van der Waals surface area (Å²) in [6.07, 6.45) is 1.75. The van der Waals surface area contributed by atoms with Crippen LogP contribution in [-0.4, -0.2) is 35.6 Å². The Bertz CT molecular complexity index is 438. The first-order chi connectivity index (χ1) is 8.51. The molecule has 0 heterocycles. The van der Waals surface area contributed by atoms with Crippen molar-refractivity contribution in [2.45, 2.75) is 31.2 Å². The van der Waals surface area contributed by atoms with E-state index in [1.165, 1.54) is 0 Å². The van der Waals surface area contributed by atoms with Gasteiger partial charge in [0, 0.05) is 12.7 Å². The summed E-state index contributed by atoms with van der Waals surface area (Å²) in [5.41, 5.74) is 7.02. The summed E-state index contributed by atoms with van der Waals surface area (Å²) in [7, 11) is 1.75. The molecular formula is C14H20N2O2. The molecule has 1 fully saturated rings. The highest BCUT2D eigenvalue weighted by Gasteiger charge is 2.52. The van der Waals surface area contributed by atoms with Crippen LogP contribution in [0.2, 0.25) is 0 Å². The van der Waals surface area contributed by atoms with Crippen LogP contribution in [0.25, 0.3) is 0 Å². The summed E-state index contributed by atoms with van der Waals surface area (Å²) in [5, 5.41) is 9.14. The minimum Gasteiger partial charge on any atom is -0.399 e. The van der Waals surface area contributed by atoms with Crippen molar-refractivity contribution in [3.05, 3.63) is 29.8 Å². The SMILES string of the molecule is CC(CO)N(C)C(=O)C1(c2ccc(N)cc2)CC1. The third-order valence-corrected chi connectivity index (χ3v) is 3.87. The number of carbonyl (C=O) groups is 1. The lowest BCUT2D eigenvalue weighted by molar-refractivity contribution is -0.135. The molecule has 18 heavy (non-hydrogen) atoms. The van der Waals surface area contributed by atoms with Crippen molar-refractivity contribution in [1.82, 2.24) is 4.90 Å². The number of aliphatic hydroxyl groups excluding tert-OH is 1. The van der Waals surface area contributed by atoms with E-state index in [2.05, 4.69) is 0 Å². The van der Waals surface area contributed by atoms with E-state index < -0.39 is 0 Å². The molecule has 0 aromatic heterocycles. The molecule has 1 aromatic rings. The van der Waals surface area contributed by atoms with E-state index in [1.807, 2.05) is 31.2 Å². The predicted octanol–water partition coefficient (Wildman–Crippen LogP) is 1.14. The van der Waals surface area contributed by atoms with Crippen LogP contribution in [0.15, 0.2) is 24.3 Å². The minimum absolute atomic E-state index is 0.0138. The average molecular weight is 248 g/mol. The maximum atomic E-state index is 12.5. The summed E-state index contributed by atoms with van der Waals surface area (Å²) in [6, 6.07) is 7.37. The largest absolute Gasteiger partial charge is 0.399 e. The number of rotatable bonds is 4. The van der Waals surface area contributed by atoms with Gasteiger partial charge < -0.3 is 15.7 Å². The van der Waals surface area contributed by atoms with Crippen LogP contribution in [0.4, 0.5) is 5.69 Å². The van der Waals surface area contributed by atoms with Crippen LogP contribution in [0, 0.1) is 0 Å². The van der Waals surface area contributed by atoms with Gasteiger partial charge in [0.1, 0.15) is 0 Å². The molecule has 1 amide bonds. The molecule has 98 valence electrons. The topological polar surface area (TPSA) is 66.6 Å². The Kier molecular flexibility index (Phi) is 3.30. The van der Waals surface area contributed by atoms with Crippen LogP contribution in [-0.2, 0) is 10.2 Å². The highest BCUT2D eigenvalue weighted by atomic mass is 16.3. The molecule has 1 saturated carbocycles. The van der Waals surface area contributed by atoms with Gasteiger partial charge in [0.05, 0.1) is 18.1 Å². The summed E-state index contributed by atoms with van der Waals surface area (Å²) in [6.45, 7) is 1.83. The van der Waals surface area contributed by atoms with E-state index >= 15 is 0 Å². The van der Waals surface area contributed by atoms with Crippen LogP contribution >= 0.6 is 0 Å². The molecule has 4 heteroatoms. The second kappa shape index (κ2) is 4.61. The normalized spacial score (nSPS) is 18.2. The molecular weight excluding hydrogens is 228 g/mol. The number of benzene rings is 1. The number of hydrogen-bond donors (Lipinski definition) is 2. The zero-order valence-corrected chi connectivity index (χ0v) is 10.9. The number of nitrogen functional groups attached to an aromatic ring is 1. The van der Waals surface area contributed by atoms with Gasteiger partial charge in [-0.15, -0.1) is 0 Å². The van der Waals surface area contributed by atoms with Gasteiger partial charge in [-0.25, -0.2) is 0 Å². The second-order valence-corrected chi connectivity index (χ2v) is 5.15. The van der Waals surface area contributed by atoms with Gasteiger partial charge in [-0.05, 0) is 37.5 Å². The Labute approximate surface area is 107 Å². The van der Waals surface area contributed by atoms with Crippen molar-refractivity contribution in [2.24, 2.45) is 0 Å². The molecule has 0 saturated heterocycles. The van der Waals surface area contributed by atoms with Crippen molar-refractivity contribution in [1.29, 1.82) is 0 Å². The van der Waals surface area contributed by atoms with E-state index in [9.17, 15) is 4.79 Å². The third-order valence-electron chi connectivity index (χ3n) is 3.87. The van der Waals surface area contributed by atoms with Gasteiger partial charge >= 0.3 is 0 Å². The number of aliphatic hydroxyl groups is 1. The number of amides is 1. The molecule has 1 aliphatic rings. The standard InChI is InChI=1S/C14H20N2O2/c1-10(9-17)16(2)13(18)14(7-8-14)11-3-5-12(15)6-4-11/h3-6,10,17H,7-9,15H2,1-2H3. The fraction of sp³-hybridized carbons (Fsp3) is 0.500. The smallest absolute Gasteiger partial charge is 0.233 e. The molecule has 0 aliphatic heterocycles. The quantitative estimate of drug-likeness (QED) is 0.785. The monoisotopic (exact) mass is 248 g/mol. The molecule has 3 N–H and O–H groups in total. The number of likely N-dealkylation sites (N-methyl/N-ethyl adjacent to an activating group) is 1. The summed E-state index contributed by atoms with van der Waals surface area (Å²) in [4.78, 5) is 14.1. The Morgan fingerprint density at radius 2 is 2.00 bits per heavy atom. The van der Waals surface area contributed by atoms with Crippen molar-refractivity contribution in [3.63, 3.8) is 0 Å². The van der Waals surface area contributed by atoms with Crippen LogP contribution in [0.5, 0.6) is 0 Å². The summed E-state index contributed by atoms with van der Waals surface area (Å²) in [5.74, 6) is 0.0915. The van der Waals surface area contributed by atoms with E-state index in [4.69, 9.17) is 10.8 Å². The van der Waals surface area contributed by atoms with Gasteiger partial charge in [-0.3, -0.25) is 4.79 Å². The molecule has 1 aliphatic carbocycles. The highest BCUT2D eigenvalue weighted by molar-refractivity contribution is 5.91. The zero-order valence-electron chi connectivity index (χ0n) is 10.9. The average Bonchev–Trinajstić information content (AvgIpc) is 3.18. The van der Waals surface area contributed by atoms with E-state index in [0.29, 0.717) is 5.69 Å². The first kappa shape index (κ1) is 12.9. The third kappa shape index (κ3) is 2.08. The number of hydrogen-bond acceptors (Lipinski definition) is 3. The predicted molar refractivity (Wildman–Crippen MR) is 71.1 cm³/mol. The van der Waals surface area contributed by atoms with Gasteiger partial charge in [0.25, 0.3) is 0 Å². The lowest BCUT2D eigenvalue weighted by Crippen LogP contribution is -2.43. The molecule has 1 aromatic carbocycles. The Balaban J connectivity index is 2.21. The van der Waals surface area contributed by atoms with Gasteiger partial charge in [0.15, 0.2) is 0 Å². The Morgan fingerprint density at radius 3 is 2.44 bits per heavy atom. The maximum absolute atomic E-state index is 12.5. The molecule has 0 radical (unpaired) electrons. The van der Waals surface area contributed by atoms with Crippen LogP contribution < -0.4 is 5.73 Å². The van der Waals surface area contributed by atoms with E-state index in [-0.39, 0.29) is 24.0 Å². The van der Waals surface area contributed by atoms with Crippen molar-refractivity contribution in [2.75, 3.05) is 19.4 Å². The first-order valence-corrected chi connectivity index (χ1v) is 6.25. The molecule has 1 atom stereocenters. The van der Waals surface area contributed by atoms with Gasteiger partial charge in [-0.2, -0.15) is 0 Å². The zero-order chi connectivity index (χ0) is 13.3. The number of anilines is 1. The van der Waals surface area contributed by atoms with E-state index in [0.717, 1.165) is 18.4 Å².